The molecule has 1 fully saturated rings. The van der Waals surface area contributed by atoms with E-state index in [1.807, 2.05) is 0 Å². The summed E-state index contributed by atoms with van der Waals surface area (Å²) in [5.74, 6) is -0.875. The standard InChI is InChI=1S/C12H13ClFNO2/c13-8-2-1-7(10(14)4-8)3-12(16)9-5-17-6-11(9)15/h1-2,4,9,11H,3,5-6,15H2. The molecule has 0 amide bonds. The lowest BCUT2D eigenvalue weighted by molar-refractivity contribution is -0.122. The van der Waals surface area contributed by atoms with Crippen LogP contribution in [0.1, 0.15) is 5.56 Å². The molecule has 1 aliphatic rings. The minimum atomic E-state index is -0.460. The predicted molar refractivity (Wildman–Crippen MR) is 62.4 cm³/mol. The predicted octanol–water partition coefficient (Wildman–Crippen LogP) is 1.56. The van der Waals surface area contributed by atoms with Crippen LogP contribution in [0.4, 0.5) is 4.39 Å². The maximum absolute atomic E-state index is 13.5. The maximum atomic E-state index is 13.5. The van der Waals surface area contributed by atoms with Crippen molar-refractivity contribution in [2.75, 3.05) is 13.2 Å². The SMILES string of the molecule is NC1COCC1C(=O)Cc1ccc(Cl)cc1F. The number of carbonyl (C=O) groups is 1. The number of nitrogens with two attached hydrogens (primary N) is 1. The summed E-state index contributed by atoms with van der Waals surface area (Å²) in [4.78, 5) is 11.9. The van der Waals surface area contributed by atoms with Gasteiger partial charge in [-0.3, -0.25) is 4.79 Å². The molecule has 0 radical (unpaired) electrons. The average molecular weight is 258 g/mol. The second-order valence-corrected chi connectivity index (χ2v) is 4.62. The monoisotopic (exact) mass is 257 g/mol. The molecule has 3 nitrogen and oxygen atoms in total. The summed E-state index contributed by atoms with van der Waals surface area (Å²) in [7, 11) is 0. The summed E-state index contributed by atoms with van der Waals surface area (Å²) in [6, 6.07) is 4.02. The zero-order valence-electron chi connectivity index (χ0n) is 9.16. The topological polar surface area (TPSA) is 52.3 Å². The molecule has 0 spiro atoms. The van der Waals surface area contributed by atoms with Crippen molar-refractivity contribution in [2.24, 2.45) is 11.7 Å². The fourth-order valence-electron chi connectivity index (χ4n) is 1.89. The van der Waals surface area contributed by atoms with Gasteiger partial charge in [0.25, 0.3) is 0 Å². The lowest BCUT2D eigenvalue weighted by Crippen LogP contribution is -2.35. The molecule has 0 saturated carbocycles. The second-order valence-electron chi connectivity index (χ2n) is 4.19. The Morgan fingerprint density at radius 1 is 1.53 bits per heavy atom. The zero-order valence-corrected chi connectivity index (χ0v) is 9.91. The summed E-state index contributed by atoms with van der Waals surface area (Å²) in [5.41, 5.74) is 6.08. The first-order valence-electron chi connectivity index (χ1n) is 5.38. The van der Waals surface area contributed by atoms with Crippen molar-refractivity contribution in [1.82, 2.24) is 0 Å². The van der Waals surface area contributed by atoms with Crippen molar-refractivity contribution in [3.8, 4) is 0 Å². The Morgan fingerprint density at radius 3 is 2.88 bits per heavy atom. The molecule has 2 unspecified atom stereocenters. The van der Waals surface area contributed by atoms with Gasteiger partial charge in [0.15, 0.2) is 0 Å². The van der Waals surface area contributed by atoms with E-state index in [-0.39, 0.29) is 24.2 Å². The number of hydrogen-bond donors (Lipinski definition) is 1. The molecule has 0 aliphatic carbocycles. The molecule has 5 heteroatoms. The molecular weight excluding hydrogens is 245 g/mol. The first-order valence-corrected chi connectivity index (χ1v) is 5.75. The van der Waals surface area contributed by atoms with E-state index in [0.717, 1.165) is 0 Å². The number of halogens is 2. The van der Waals surface area contributed by atoms with Crippen molar-refractivity contribution in [3.63, 3.8) is 0 Å². The van der Waals surface area contributed by atoms with E-state index >= 15 is 0 Å². The molecule has 2 rings (SSSR count). The molecule has 1 aliphatic heterocycles. The Bertz CT molecular complexity index is 439. The number of Topliss-reactive ketones (excluding diaryl/α,β-unsaturated/α-hetero) is 1. The normalized spacial score (nSPS) is 23.9. The summed E-state index contributed by atoms with van der Waals surface area (Å²) >= 11 is 5.64. The highest BCUT2D eigenvalue weighted by molar-refractivity contribution is 6.30. The fraction of sp³-hybridized carbons (Fsp3) is 0.417. The Hall–Kier alpha value is -0.970. The third kappa shape index (κ3) is 2.83. The van der Waals surface area contributed by atoms with Crippen LogP contribution in [0.3, 0.4) is 0 Å². The number of ketones is 1. The number of hydrogen-bond acceptors (Lipinski definition) is 3. The van der Waals surface area contributed by atoms with Crippen molar-refractivity contribution in [3.05, 3.63) is 34.6 Å². The van der Waals surface area contributed by atoms with Crippen LogP contribution in [0.15, 0.2) is 18.2 Å². The van der Waals surface area contributed by atoms with Crippen molar-refractivity contribution < 1.29 is 13.9 Å². The van der Waals surface area contributed by atoms with Gasteiger partial charge in [-0.05, 0) is 17.7 Å². The molecule has 17 heavy (non-hydrogen) atoms. The Labute approximate surface area is 104 Å². The summed E-state index contributed by atoms with van der Waals surface area (Å²) in [6.07, 6.45) is 0.0325. The molecule has 0 aromatic heterocycles. The fourth-order valence-corrected chi connectivity index (χ4v) is 2.05. The first kappa shape index (κ1) is 12.5. The number of benzene rings is 1. The smallest absolute Gasteiger partial charge is 0.144 e. The highest BCUT2D eigenvalue weighted by Gasteiger charge is 2.31. The van der Waals surface area contributed by atoms with Gasteiger partial charge in [-0.1, -0.05) is 17.7 Å². The van der Waals surface area contributed by atoms with E-state index in [1.165, 1.54) is 12.1 Å². The molecule has 1 aromatic rings. The van der Waals surface area contributed by atoms with Gasteiger partial charge >= 0.3 is 0 Å². The maximum Gasteiger partial charge on any atom is 0.144 e. The van der Waals surface area contributed by atoms with Crippen LogP contribution >= 0.6 is 11.6 Å². The lowest BCUT2D eigenvalue weighted by atomic mass is 9.94. The molecule has 1 heterocycles. The van der Waals surface area contributed by atoms with Crippen LogP contribution in [0.2, 0.25) is 5.02 Å². The highest BCUT2D eigenvalue weighted by Crippen LogP contribution is 2.19. The van der Waals surface area contributed by atoms with Crippen LogP contribution in [-0.4, -0.2) is 25.0 Å². The van der Waals surface area contributed by atoms with Crippen molar-refractivity contribution >= 4 is 17.4 Å². The molecule has 1 saturated heterocycles. The van der Waals surface area contributed by atoms with E-state index in [9.17, 15) is 9.18 Å². The molecule has 92 valence electrons. The molecule has 1 aromatic carbocycles. The summed E-state index contributed by atoms with van der Waals surface area (Å²) in [5, 5.41) is 0.319. The van der Waals surface area contributed by atoms with Crippen molar-refractivity contribution in [1.29, 1.82) is 0 Å². The quantitative estimate of drug-likeness (QED) is 0.894. The third-order valence-corrected chi connectivity index (χ3v) is 3.15. The van der Waals surface area contributed by atoms with Gasteiger partial charge in [-0.25, -0.2) is 4.39 Å². The van der Waals surface area contributed by atoms with Gasteiger partial charge in [-0.15, -0.1) is 0 Å². The molecular formula is C12H13ClFNO2. The minimum absolute atomic E-state index is 0.0325. The zero-order chi connectivity index (χ0) is 12.4. The van der Waals surface area contributed by atoms with Crippen LogP contribution in [0, 0.1) is 11.7 Å². The van der Waals surface area contributed by atoms with Crippen LogP contribution in [0.5, 0.6) is 0 Å². The average Bonchev–Trinajstić information content (AvgIpc) is 2.68. The van der Waals surface area contributed by atoms with E-state index < -0.39 is 5.82 Å². The van der Waals surface area contributed by atoms with Crippen molar-refractivity contribution in [2.45, 2.75) is 12.5 Å². The Balaban J connectivity index is 2.07. The van der Waals surface area contributed by atoms with Crippen LogP contribution in [-0.2, 0) is 16.0 Å². The van der Waals surface area contributed by atoms with Crippen LogP contribution in [0.25, 0.3) is 0 Å². The second kappa shape index (κ2) is 5.12. The molecule has 0 bridgehead atoms. The lowest BCUT2D eigenvalue weighted by Gasteiger charge is -2.12. The van der Waals surface area contributed by atoms with E-state index in [2.05, 4.69) is 0 Å². The van der Waals surface area contributed by atoms with E-state index in [1.54, 1.807) is 6.07 Å². The van der Waals surface area contributed by atoms with Gasteiger partial charge < -0.3 is 10.5 Å². The largest absolute Gasteiger partial charge is 0.379 e. The Morgan fingerprint density at radius 2 is 2.29 bits per heavy atom. The van der Waals surface area contributed by atoms with Gasteiger partial charge in [0, 0.05) is 17.5 Å². The third-order valence-electron chi connectivity index (χ3n) is 2.92. The summed E-state index contributed by atoms with van der Waals surface area (Å²) in [6.45, 7) is 0.717. The number of ether oxygens (including phenoxy) is 1. The van der Waals surface area contributed by atoms with E-state index in [4.69, 9.17) is 22.1 Å². The molecule has 2 atom stereocenters. The van der Waals surface area contributed by atoms with E-state index in [0.29, 0.717) is 23.8 Å². The van der Waals surface area contributed by atoms with Gasteiger partial charge in [0.2, 0.25) is 0 Å². The van der Waals surface area contributed by atoms with Crippen LogP contribution < -0.4 is 5.73 Å². The highest BCUT2D eigenvalue weighted by atomic mass is 35.5. The van der Waals surface area contributed by atoms with Gasteiger partial charge in [0.1, 0.15) is 11.6 Å². The first-order chi connectivity index (χ1) is 8.08. The number of rotatable bonds is 3. The van der Waals surface area contributed by atoms with Gasteiger partial charge in [-0.2, -0.15) is 0 Å². The van der Waals surface area contributed by atoms with Gasteiger partial charge in [0.05, 0.1) is 19.1 Å². The molecule has 2 N–H and O–H groups in total. The number of carbonyl (C=O) groups excluding carboxylic acids is 1. The summed E-state index contributed by atoms with van der Waals surface area (Å²) < 4.78 is 18.6. The Kier molecular flexibility index (Phi) is 3.76. The minimum Gasteiger partial charge on any atom is -0.379 e.